The standard InChI is InChI=1S/C16H22ClNO4/c1-16(2,22-13-5-3-11(17)4-6-13)15(21)18-12-7-10(9-19)14(20)8-12/h3-6,10,12,14,19-20H,7-9H2,1-2H3,(H,18,21)/t10-,12-,14-/m1/s1. The number of benzene rings is 1. The predicted octanol–water partition coefficient (Wildman–Crippen LogP) is 1.75. The maximum atomic E-state index is 12.4. The highest BCUT2D eigenvalue weighted by Crippen LogP contribution is 2.27. The van der Waals surface area contributed by atoms with Crippen LogP contribution in [0.1, 0.15) is 26.7 Å². The van der Waals surface area contributed by atoms with Crippen LogP contribution in [0.25, 0.3) is 0 Å². The third-order valence-corrected chi connectivity index (χ3v) is 4.21. The molecule has 0 radical (unpaired) electrons. The molecule has 1 amide bonds. The molecule has 0 heterocycles. The number of aliphatic hydroxyl groups is 2. The molecule has 6 heteroatoms. The lowest BCUT2D eigenvalue weighted by atomic mass is 10.1. The van der Waals surface area contributed by atoms with Gasteiger partial charge >= 0.3 is 0 Å². The fraction of sp³-hybridized carbons (Fsp3) is 0.562. The highest BCUT2D eigenvalue weighted by Gasteiger charge is 2.37. The normalized spacial score (nSPS) is 25.0. The molecule has 0 aromatic heterocycles. The summed E-state index contributed by atoms with van der Waals surface area (Å²) in [6, 6.07) is 6.66. The van der Waals surface area contributed by atoms with E-state index < -0.39 is 11.7 Å². The summed E-state index contributed by atoms with van der Waals surface area (Å²) in [6.45, 7) is 3.30. The quantitative estimate of drug-likeness (QED) is 0.770. The molecule has 0 saturated heterocycles. The molecular formula is C16H22ClNO4. The molecule has 5 nitrogen and oxygen atoms in total. The van der Waals surface area contributed by atoms with Crippen LogP contribution in [0.4, 0.5) is 0 Å². The first-order valence-corrected chi connectivity index (χ1v) is 7.74. The maximum Gasteiger partial charge on any atom is 0.263 e. The number of ether oxygens (including phenoxy) is 1. The van der Waals surface area contributed by atoms with Gasteiger partial charge in [-0.3, -0.25) is 4.79 Å². The van der Waals surface area contributed by atoms with E-state index in [1.807, 2.05) is 0 Å². The van der Waals surface area contributed by atoms with Gasteiger partial charge < -0.3 is 20.3 Å². The third kappa shape index (κ3) is 4.12. The Morgan fingerprint density at radius 3 is 2.55 bits per heavy atom. The SMILES string of the molecule is CC(C)(Oc1ccc(Cl)cc1)C(=O)N[C@@H]1C[C@H](CO)[C@H](O)C1. The van der Waals surface area contributed by atoms with E-state index in [1.54, 1.807) is 38.1 Å². The second kappa shape index (κ2) is 6.86. The zero-order chi connectivity index (χ0) is 16.3. The van der Waals surface area contributed by atoms with Crippen molar-refractivity contribution in [3.05, 3.63) is 29.3 Å². The van der Waals surface area contributed by atoms with Gasteiger partial charge in [0.2, 0.25) is 0 Å². The van der Waals surface area contributed by atoms with Crippen molar-refractivity contribution >= 4 is 17.5 Å². The molecule has 1 aliphatic rings. The second-order valence-corrected chi connectivity index (χ2v) is 6.65. The number of nitrogens with one attached hydrogen (secondary N) is 1. The van der Waals surface area contributed by atoms with Crippen LogP contribution in [0.15, 0.2) is 24.3 Å². The average Bonchev–Trinajstić information content (AvgIpc) is 2.81. The van der Waals surface area contributed by atoms with Crippen LogP contribution in [0, 0.1) is 5.92 Å². The van der Waals surface area contributed by atoms with Crippen molar-refractivity contribution in [3.63, 3.8) is 0 Å². The molecule has 1 aromatic rings. The van der Waals surface area contributed by atoms with Crippen molar-refractivity contribution in [1.29, 1.82) is 0 Å². The number of aliphatic hydroxyl groups excluding tert-OH is 2. The summed E-state index contributed by atoms with van der Waals surface area (Å²) in [6.07, 6.45) is 0.449. The van der Waals surface area contributed by atoms with Crippen LogP contribution in [0.2, 0.25) is 5.02 Å². The van der Waals surface area contributed by atoms with Gasteiger partial charge in [0.15, 0.2) is 5.60 Å². The van der Waals surface area contributed by atoms with Crippen molar-refractivity contribution in [2.75, 3.05) is 6.61 Å². The van der Waals surface area contributed by atoms with Crippen molar-refractivity contribution in [2.45, 2.75) is 44.4 Å². The van der Waals surface area contributed by atoms with E-state index in [-0.39, 0.29) is 24.5 Å². The highest BCUT2D eigenvalue weighted by atomic mass is 35.5. The molecule has 1 aromatic carbocycles. The lowest BCUT2D eigenvalue weighted by Crippen LogP contribution is -2.49. The first kappa shape index (κ1) is 17.1. The molecule has 0 bridgehead atoms. The van der Waals surface area contributed by atoms with Crippen LogP contribution in [-0.4, -0.2) is 40.5 Å². The monoisotopic (exact) mass is 327 g/mol. The summed E-state index contributed by atoms with van der Waals surface area (Å²) in [5, 5.41) is 22.4. The van der Waals surface area contributed by atoms with Gasteiger partial charge in [-0.05, 0) is 51.0 Å². The summed E-state index contributed by atoms with van der Waals surface area (Å²) in [7, 11) is 0. The lowest BCUT2D eigenvalue weighted by molar-refractivity contribution is -0.135. The first-order valence-electron chi connectivity index (χ1n) is 7.36. The van der Waals surface area contributed by atoms with E-state index in [0.717, 1.165) is 0 Å². The van der Waals surface area contributed by atoms with Crippen molar-refractivity contribution in [3.8, 4) is 5.75 Å². The van der Waals surface area contributed by atoms with E-state index in [2.05, 4.69) is 5.32 Å². The Labute approximate surface area is 135 Å². The van der Waals surface area contributed by atoms with E-state index in [0.29, 0.717) is 23.6 Å². The predicted molar refractivity (Wildman–Crippen MR) is 83.9 cm³/mol. The Kier molecular flexibility index (Phi) is 5.32. The summed E-state index contributed by atoms with van der Waals surface area (Å²) < 4.78 is 5.73. The molecule has 3 atom stereocenters. The molecule has 1 saturated carbocycles. The molecule has 2 rings (SSSR count). The largest absolute Gasteiger partial charge is 0.478 e. The maximum absolute atomic E-state index is 12.4. The Morgan fingerprint density at radius 2 is 2.00 bits per heavy atom. The van der Waals surface area contributed by atoms with Gasteiger partial charge in [-0.2, -0.15) is 0 Å². The second-order valence-electron chi connectivity index (χ2n) is 6.22. The van der Waals surface area contributed by atoms with E-state index in [1.165, 1.54) is 0 Å². The summed E-state index contributed by atoms with van der Waals surface area (Å²) in [5.74, 6) is 0.132. The van der Waals surface area contributed by atoms with Gasteiger partial charge in [0.1, 0.15) is 5.75 Å². The molecule has 122 valence electrons. The molecule has 0 aliphatic heterocycles. The van der Waals surface area contributed by atoms with Gasteiger partial charge in [-0.15, -0.1) is 0 Å². The zero-order valence-electron chi connectivity index (χ0n) is 12.8. The Morgan fingerprint density at radius 1 is 1.36 bits per heavy atom. The molecule has 1 aliphatic carbocycles. The van der Waals surface area contributed by atoms with Gasteiger partial charge in [-0.25, -0.2) is 0 Å². The van der Waals surface area contributed by atoms with Crippen molar-refractivity contribution in [2.24, 2.45) is 5.92 Å². The number of rotatable bonds is 5. The number of carbonyl (C=O) groups excluding carboxylic acids is 1. The van der Waals surface area contributed by atoms with E-state index in [9.17, 15) is 9.90 Å². The van der Waals surface area contributed by atoms with Crippen LogP contribution in [0.3, 0.4) is 0 Å². The fourth-order valence-corrected chi connectivity index (χ4v) is 2.75. The average molecular weight is 328 g/mol. The van der Waals surface area contributed by atoms with Crippen LogP contribution in [-0.2, 0) is 4.79 Å². The summed E-state index contributed by atoms with van der Waals surface area (Å²) in [5.41, 5.74) is -1.05. The van der Waals surface area contributed by atoms with Gasteiger partial charge in [0.05, 0.1) is 6.10 Å². The number of carbonyl (C=O) groups is 1. The fourth-order valence-electron chi connectivity index (χ4n) is 2.62. The Bertz CT molecular complexity index is 517. The highest BCUT2D eigenvalue weighted by molar-refractivity contribution is 6.30. The first-order chi connectivity index (χ1) is 10.3. The molecule has 22 heavy (non-hydrogen) atoms. The minimum absolute atomic E-state index is 0.0712. The van der Waals surface area contributed by atoms with Crippen molar-refractivity contribution < 1.29 is 19.7 Å². The number of hydrogen-bond donors (Lipinski definition) is 3. The summed E-state index contributed by atoms with van der Waals surface area (Å²) >= 11 is 5.82. The van der Waals surface area contributed by atoms with Crippen molar-refractivity contribution in [1.82, 2.24) is 5.32 Å². The smallest absolute Gasteiger partial charge is 0.263 e. The van der Waals surface area contributed by atoms with Crippen LogP contribution >= 0.6 is 11.6 Å². The van der Waals surface area contributed by atoms with Gasteiger partial charge in [-0.1, -0.05) is 11.6 Å². The Hall–Kier alpha value is -1.30. The molecular weight excluding hydrogens is 306 g/mol. The molecule has 0 spiro atoms. The zero-order valence-corrected chi connectivity index (χ0v) is 13.5. The lowest BCUT2D eigenvalue weighted by Gasteiger charge is -2.27. The van der Waals surface area contributed by atoms with E-state index >= 15 is 0 Å². The number of hydrogen-bond acceptors (Lipinski definition) is 4. The number of halogens is 1. The minimum atomic E-state index is -1.05. The van der Waals surface area contributed by atoms with Gasteiger partial charge in [0.25, 0.3) is 5.91 Å². The minimum Gasteiger partial charge on any atom is -0.478 e. The molecule has 3 N–H and O–H groups in total. The molecule has 1 fully saturated rings. The van der Waals surface area contributed by atoms with Gasteiger partial charge in [0, 0.05) is 23.6 Å². The summed E-state index contributed by atoms with van der Waals surface area (Å²) in [4.78, 5) is 12.4. The Balaban J connectivity index is 1.94. The third-order valence-electron chi connectivity index (χ3n) is 3.96. The van der Waals surface area contributed by atoms with E-state index in [4.69, 9.17) is 21.4 Å². The number of amides is 1. The molecule has 0 unspecified atom stereocenters. The van der Waals surface area contributed by atoms with Crippen LogP contribution in [0.5, 0.6) is 5.75 Å². The van der Waals surface area contributed by atoms with Crippen LogP contribution < -0.4 is 10.1 Å². The topological polar surface area (TPSA) is 78.8 Å².